The molecule has 2 rings (SSSR count). The first kappa shape index (κ1) is 14.0. The van der Waals surface area contributed by atoms with Crippen LogP contribution in [0.3, 0.4) is 0 Å². The number of carbonyl (C=O) groups is 1. The van der Waals surface area contributed by atoms with E-state index in [1.54, 1.807) is 17.0 Å². The molecule has 0 radical (unpaired) electrons. The molecule has 0 saturated carbocycles. The van der Waals surface area contributed by atoms with Gasteiger partial charge < -0.3 is 10.2 Å². The number of amides is 1. The molecule has 1 heterocycles. The fourth-order valence-corrected chi connectivity index (χ4v) is 2.68. The predicted molar refractivity (Wildman–Crippen MR) is 73.7 cm³/mol. The van der Waals surface area contributed by atoms with Gasteiger partial charge in [0.05, 0.1) is 5.56 Å². The van der Waals surface area contributed by atoms with Crippen LogP contribution in [0.5, 0.6) is 0 Å². The second-order valence-electron chi connectivity index (χ2n) is 5.30. The van der Waals surface area contributed by atoms with Gasteiger partial charge in [0.25, 0.3) is 5.91 Å². The number of likely N-dealkylation sites (tertiary alicyclic amines) is 1. The third-order valence-corrected chi connectivity index (χ3v) is 3.65. The van der Waals surface area contributed by atoms with Crippen LogP contribution in [0, 0.1) is 18.7 Å². The van der Waals surface area contributed by atoms with Gasteiger partial charge in [0.15, 0.2) is 0 Å². The van der Waals surface area contributed by atoms with Crippen LogP contribution in [0.4, 0.5) is 4.39 Å². The molecule has 19 heavy (non-hydrogen) atoms. The Morgan fingerprint density at radius 2 is 2.32 bits per heavy atom. The summed E-state index contributed by atoms with van der Waals surface area (Å²) in [5.74, 6) is -0.135. The van der Waals surface area contributed by atoms with Crippen LogP contribution in [-0.2, 0) is 0 Å². The minimum absolute atomic E-state index is 0.179. The highest BCUT2D eigenvalue weighted by Crippen LogP contribution is 2.20. The maximum absolute atomic E-state index is 13.8. The van der Waals surface area contributed by atoms with Crippen molar-refractivity contribution < 1.29 is 9.18 Å². The smallest absolute Gasteiger partial charge is 0.256 e. The molecule has 1 fully saturated rings. The molecule has 0 spiro atoms. The summed E-state index contributed by atoms with van der Waals surface area (Å²) in [5, 5.41) is 3.15. The van der Waals surface area contributed by atoms with E-state index >= 15 is 0 Å². The van der Waals surface area contributed by atoms with E-state index in [1.165, 1.54) is 6.07 Å². The number of benzene rings is 1. The molecule has 1 amide bonds. The van der Waals surface area contributed by atoms with E-state index in [2.05, 4.69) is 5.32 Å². The number of piperidine rings is 1. The van der Waals surface area contributed by atoms with Crippen LogP contribution in [0.2, 0.25) is 0 Å². The SMILES string of the molecule is CNC[C@@H]1CCCN(C(=O)c2cc(C)ccc2F)C1. The van der Waals surface area contributed by atoms with Crippen molar-refractivity contribution in [3.63, 3.8) is 0 Å². The maximum Gasteiger partial charge on any atom is 0.256 e. The van der Waals surface area contributed by atoms with Gasteiger partial charge in [0.1, 0.15) is 5.82 Å². The zero-order valence-electron chi connectivity index (χ0n) is 11.6. The Balaban J connectivity index is 2.12. The number of aryl methyl sites for hydroxylation is 1. The number of carbonyl (C=O) groups excluding carboxylic acids is 1. The van der Waals surface area contributed by atoms with E-state index in [-0.39, 0.29) is 11.5 Å². The van der Waals surface area contributed by atoms with E-state index in [0.717, 1.165) is 31.5 Å². The molecule has 1 saturated heterocycles. The van der Waals surface area contributed by atoms with Gasteiger partial charge in [-0.15, -0.1) is 0 Å². The largest absolute Gasteiger partial charge is 0.338 e. The average molecular weight is 264 g/mol. The van der Waals surface area contributed by atoms with Crippen LogP contribution in [0.25, 0.3) is 0 Å². The van der Waals surface area contributed by atoms with Gasteiger partial charge in [-0.1, -0.05) is 11.6 Å². The van der Waals surface area contributed by atoms with Crippen molar-refractivity contribution in [2.24, 2.45) is 5.92 Å². The highest BCUT2D eigenvalue weighted by molar-refractivity contribution is 5.94. The van der Waals surface area contributed by atoms with Crippen molar-refractivity contribution in [2.45, 2.75) is 19.8 Å². The Kier molecular flexibility index (Phi) is 4.53. The Bertz CT molecular complexity index is 459. The fraction of sp³-hybridized carbons (Fsp3) is 0.533. The van der Waals surface area contributed by atoms with Crippen molar-refractivity contribution in [1.82, 2.24) is 10.2 Å². The zero-order chi connectivity index (χ0) is 13.8. The highest BCUT2D eigenvalue weighted by atomic mass is 19.1. The van der Waals surface area contributed by atoms with Crippen LogP contribution in [0.1, 0.15) is 28.8 Å². The third-order valence-electron chi connectivity index (χ3n) is 3.65. The first-order valence-electron chi connectivity index (χ1n) is 6.82. The lowest BCUT2D eigenvalue weighted by Gasteiger charge is -2.32. The molecule has 1 atom stereocenters. The summed E-state index contributed by atoms with van der Waals surface area (Å²) in [5.41, 5.74) is 1.11. The van der Waals surface area contributed by atoms with Crippen molar-refractivity contribution >= 4 is 5.91 Å². The van der Waals surface area contributed by atoms with Crippen LogP contribution < -0.4 is 5.32 Å². The molecule has 1 aliphatic rings. The van der Waals surface area contributed by atoms with Gasteiger partial charge in [0, 0.05) is 13.1 Å². The molecule has 0 aromatic heterocycles. The number of halogens is 1. The summed E-state index contributed by atoms with van der Waals surface area (Å²) >= 11 is 0. The lowest BCUT2D eigenvalue weighted by molar-refractivity contribution is 0.0669. The topological polar surface area (TPSA) is 32.3 Å². The summed E-state index contributed by atoms with van der Waals surface area (Å²) in [6.07, 6.45) is 2.12. The minimum atomic E-state index is -0.425. The molecule has 3 nitrogen and oxygen atoms in total. The number of nitrogens with one attached hydrogen (secondary N) is 1. The van der Waals surface area contributed by atoms with Crippen molar-refractivity contribution in [2.75, 3.05) is 26.7 Å². The number of hydrogen-bond acceptors (Lipinski definition) is 2. The summed E-state index contributed by atoms with van der Waals surface area (Å²) in [6.45, 7) is 4.22. The maximum atomic E-state index is 13.8. The first-order chi connectivity index (χ1) is 9.11. The quantitative estimate of drug-likeness (QED) is 0.907. The molecule has 0 bridgehead atoms. The molecule has 0 unspecified atom stereocenters. The number of hydrogen-bond donors (Lipinski definition) is 1. The van der Waals surface area contributed by atoms with Crippen LogP contribution in [-0.4, -0.2) is 37.5 Å². The van der Waals surface area contributed by atoms with Gasteiger partial charge in [-0.05, 0) is 51.4 Å². The third kappa shape index (κ3) is 3.32. The summed E-state index contributed by atoms with van der Waals surface area (Å²) in [4.78, 5) is 14.2. The number of rotatable bonds is 3. The van der Waals surface area contributed by atoms with E-state index in [1.807, 2.05) is 14.0 Å². The lowest BCUT2D eigenvalue weighted by Crippen LogP contribution is -2.42. The van der Waals surface area contributed by atoms with Crippen molar-refractivity contribution in [3.05, 3.63) is 35.1 Å². The van der Waals surface area contributed by atoms with Crippen molar-refractivity contribution in [1.29, 1.82) is 0 Å². The Hall–Kier alpha value is -1.42. The molecule has 1 aromatic carbocycles. The molecular weight excluding hydrogens is 243 g/mol. The average Bonchev–Trinajstić information content (AvgIpc) is 2.41. The van der Waals surface area contributed by atoms with Crippen molar-refractivity contribution in [3.8, 4) is 0 Å². The molecule has 4 heteroatoms. The van der Waals surface area contributed by atoms with Crippen LogP contribution in [0.15, 0.2) is 18.2 Å². The molecule has 1 aromatic rings. The summed E-state index contributed by atoms with van der Waals surface area (Å²) in [7, 11) is 1.92. The molecule has 104 valence electrons. The molecular formula is C15H21FN2O. The fourth-order valence-electron chi connectivity index (χ4n) is 2.68. The number of nitrogens with zero attached hydrogens (tertiary/aromatic N) is 1. The van der Waals surface area contributed by atoms with Crippen LogP contribution >= 0.6 is 0 Å². The van der Waals surface area contributed by atoms with E-state index in [0.29, 0.717) is 12.5 Å². The van der Waals surface area contributed by atoms with E-state index in [4.69, 9.17) is 0 Å². The lowest BCUT2D eigenvalue weighted by atomic mass is 9.97. The standard InChI is InChI=1S/C15H21FN2O/c1-11-5-6-14(16)13(8-11)15(19)18-7-3-4-12(10-18)9-17-2/h5-6,8,12,17H,3-4,7,9-10H2,1-2H3/t12-/m0/s1. The van der Waals surface area contributed by atoms with E-state index in [9.17, 15) is 9.18 Å². The minimum Gasteiger partial charge on any atom is -0.338 e. The normalized spacial score (nSPS) is 19.5. The summed E-state index contributed by atoms with van der Waals surface area (Å²) in [6, 6.07) is 4.70. The van der Waals surface area contributed by atoms with Gasteiger partial charge in [-0.3, -0.25) is 4.79 Å². The molecule has 0 aliphatic carbocycles. The van der Waals surface area contributed by atoms with Gasteiger partial charge >= 0.3 is 0 Å². The van der Waals surface area contributed by atoms with E-state index < -0.39 is 5.82 Å². The second kappa shape index (κ2) is 6.15. The highest BCUT2D eigenvalue weighted by Gasteiger charge is 2.25. The summed E-state index contributed by atoms with van der Waals surface area (Å²) < 4.78 is 13.8. The van der Waals surface area contributed by atoms with Gasteiger partial charge in [-0.25, -0.2) is 4.39 Å². The monoisotopic (exact) mass is 264 g/mol. The Morgan fingerprint density at radius 1 is 1.53 bits per heavy atom. The second-order valence-corrected chi connectivity index (χ2v) is 5.30. The van der Waals surface area contributed by atoms with Gasteiger partial charge in [0.2, 0.25) is 0 Å². The Labute approximate surface area is 113 Å². The Morgan fingerprint density at radius 3 is 3.05 bits per heavy atom. The molecule has 1 aliphatic heterocycles. The van der Waals surface area contributed by atoms with Gasteiger partial charge in [-0.2, -0.15) is 0 Å². The first-order valence-corrected chi connectivity index (χ1v) is 6.82. The zero-order valence-corrected chi connectivity index (χ0v) is 11.6. The molecule has 1 N–H and O–H groups in total. The predicted octanol–water partition coefficient (Wildman–Crippen LogP) is 2.21.